The zero-order chi connectivity index (χ0) is 16.5. The average Bonchev–Trinajstić information content (AvgIpc) is 2.44. The van der Waals surface area contributed by atoms with Crippen LogP contribution in [0.2, 0.25) is 0 Å². The Balaban J connectivity index is 2.31. The highest BCUT2D eigenvalue weighted by molar-refractivity contribution is 9.10. The molecule has 0 bridgehead atoms. The third-order valence-corrected chi connectivity index (χ3v) is 2.74. The first-order valence-corrected chi connectivity index (χ1v) is 6.91. The van der Waals surface area contributed by atoms with Crippen molar-refractivity contribution in [3.63, 3.8) is 0 Å². The van der Waals surface area contributed by atoms with Crippen molar-refractivity contribution in [2.45, 2.75) is 6.92 Å². The van der Waals surface area contributed by atoms with Crippen LogP contribution >= 0.6 is 15.9 Å². The maximum absolute atomic E-state index is 12.9. The number of amides is 2. The first-order chi connectivity index (χ1) is 10.4. The van der Waals surface area contributed by atoms with E-state index in [9.17, 15) is 18.8 Å². The van der Waals surface area contributed by atoms with Gasteiger partial charge >= 0.3 is 12.1 Å². The van der Waals surface area contributed by atoms with Gasteiger partial charge in [-0.05, 0) is 41.1 Å². The molecular formula is C13H13BrFNO6. The summed E-state index contributed by atoms with van der Waals surface area (Å²) in [5.74, 6) is -1.86. The summed E-state index contributed by atoms with van der Waals surface area (Å²) in [6, 6.07) is 3.67. The van der Waals surface area contributed by atoms with Gasteiger partial charge in [-0.2, -0.15) is 0 Å². The van der Waals surface area contributed by atoms with E-state index in [1.165, 1.54) is 12.1 Å². The molecule has 0 aromatic heterocycles. The molecular weight excluding hydrogens is 365 g/mol. The third kappa shape index (κ3) is 6.53. The number of halogens is 2. The van der Waals surface area contributed by atoms with Crippen molar-refractivity contribution in [3.05, 3.63) is 28.5 Å². The number of benzene rings is 1. The van der Waals surface area contributed by atoms with Gasteiger partial charge < -0.3 is 14.2 Å². The Hall–Kier alpha value is -2.16. The monoisotopic (exact) mass is 377 g/mol. The number of carbonyl (C=O) groups is 3. The average molecular weight is 378 g/mol. The Labute approximate surface area is 133 Å². The highest BCUT2D eigenvalue weighted by Gasteiger charge is 2.12. The lowest BCUT2D eigenvalue weighted by molar-refractivity contribution is -0.150. The fraction of sp³-hybridized carbons (Fsp3) is 0.308. The second-order valence-corrected chi connectivity index (χ2v) is 4.65. The van der Waals surface area contributed by atoms with Crippen molar-refractivity contribution in [3.8, 4) is 5.75 Å². The summed E-state index contributed by atoms with van der Waals surface area (Å²) in [7, 11) is 0. The molecule has 1 aromatic carbocycles. The minimum absolute atomic E-state index is 0.110. The van der Waals surface area contributed by atoms with Crippen molar-refractivity contribution in [1.82, 2.24) is 5.32 Å². The van der Waals surface area contributed by atoms with Crippen LogP contribution in [0.3, 0.4) is 0 Å². The molecule has 0 radical (unpaired) electrons. The van der Waals surface area contributed by atoms with Crippen LogP contribution in [0.25, 0.3) is 0 Å². The first-order valence-electron chi connectivity index (χ1n) is 6.12. The Bertz CT molecular complexity index is 565. The van der Waals surface area contributed by atoms with Crippen LogP contribution in [0.15, 0.2) is 22.7 Å². The summed E-state index contributed by atoms with van der Waals surface area (Å²) in [6.07, 6.45) is -0.921. The standard InChI is InChI=1S/C13H13BrFNO6/c1-2-20-13(19)16-11(17)6-22-12(18)7-21-10-4-3-8(15)5-9(10)14/h3-5H,2,6-7H2,1H3,(H,16,17,19). The van der Waals surface area contributed by atoms with E-state index in [-0.39, 0.29) is 12.4 Å². The quantitative estimate of drug-likeness (QED) is 0.759. The largest absolute Gasteiger partial charge is 0.481 e. The lowest BCUT2D eigenvalue weighted by atomic mass is 10.3. The molecule has 0 aliphatic carbocycles. The molecule has 2 amide bonds. The second kappa shape index (κ2) is 8.98. The maximum Gasteiger partial charge on any atom is 0.413 e. The highest BCUT2D eigenvalue weighted by Crippen LogP contribution is 2.25. The summed E-state index contributed by atoms with van der Waals surface area (Å²) < 4.78 is 27.4. The van der Waals surface area contributed by atoms with Gasteiger partial charge in [-0.3, -0.25) is 10.1 Å². The number of hydrogen-bond donors (Lipinski definition) is 1. The normalized spacial score (nSPS) is 9.77. The molecule has 0 unspecified atom stereocenters. The van der Waals surface area contributed by atoms with E-state index in [0.717, 1.165) is 6.07 Å². The number of ether oxygens (including phenoxy) is 3. The summed E-state index contributed by atoms with van der Waals surface area (Å²) >= 11 is 3.07. The summed E-state index contributed by atoms with van der Waals surface area (Å²) in [5.41, 5.74) is 0. The van der Waals surface area contributed by atoms with E-state index in [4.69, 9.17) is 4.74 Å². The Morgan fingerprint density at radius 1 is 1.23 bits per heavy atom. The lowest BCUT2D eigenvalue weighted by Gasteiger charge is -2.08. The van der Waals surface area contributed by atoms with Crippen molar-refractivity contribution in [1.29, 1.82) is 0 Å². The summed E-state index contributed by atoms with van der Waals surface area (Å²) in [6.45, 7) is 0.566. The van der Waals surface area contributed by atoms with Gasteiger partial charge in [0.05, 0.1) is 11.1 Å². The van der Waals surface area contributed by atoms with Gasteiger partial charge in [0.25, 0.3) is 5.91 Å². The number of carbonyl (C=O) groups excluding carboxylic acids is 3. The smallest absolute Gasteiger partial charge is 0.413 e. The van der Waals surface area contributed by atoms with Gasteiger partial charge in [-0.1, -0.05) is 0 Å². The van der Waals surface area contributed by atoms with Crippen LogP contribution in [0.4, 0.5) is 9.18 Å². The maximum atomic E-state index is 12.9. The molecule has 0 heterocycles. The molecule has 22 heavy (non-hydrogen) atoms. The predicted molar refractivity (Wildman–Crippen MR) is 75.7 cm³/mol. The zero-order valence-electron chi connectivity index (χ0n) is 11.6. The molecule has 0 aliphatic rings. The van der Waals surface area contributed by atoms with E-state index in [1.807, 2.05) is 5.32 Å². The molecule has 0 spiro atoms. The summed E-state index contributed by atoms with van der Waals surface area (Å²) in [5, 5.41) is 1.86. The van der Waals surface area contributed by atoms with E-state index in [0.29, 0.717) is 4.47 Å². The van der Waals surface area contributed by atoms with Crippen LogP contribution < -0.4 is 10.1 Å². The van der Waals surface area contributed by atoms with Gasteiger partial charge in [0.15, 0.2) is 13.2 Å². The zero-order valence-corrected chi connectivity index (χ0v) is 13.1. The summed E-state index contributed by atoms with van der Waals surface area (Å²) in [4.78, 5) is 33.5. The predicted octanol–water partition coefficient (Wildman–Crippen LogP) is 1.78. The molecule has 0 saturated carbocycles. The number of hydrogen-bond acceptors (Lipinski definition) is 6. The molecule has 0 aliphatic heterocycles. The van der Waals surface area contributed by atoms with Gasteiger partial charge in [0, 0.05) is 0 Å². The van der Waals surface area contributed by atoms with E-state index < -0.39 is 37.0 Å². The molecule has 0 fully saturated rings. The van der Waals surface area contributed by atoms with Crippen LogP contribution in [0.1, 0.15) is 6.92 Å². The first kappa shape index (κ1) is 17.9. The number of rotatable bonds is 6. The highest BCUT2D eigenvalue weighted by atomic mass is 79.9. The van der Waals surface area contributed by atoms with E-state index in [1.54, 1.807) is 6.92 Å². The lowest BCUT2D eigenvalue weighted by Crippen LogP contribution is -2.35. The van der Waals surface area contributed by atoms with Crippen LogP contribution in [-0.4, -0.2) is 37.8 Å². The molecule has 1 aromatic rings. The Kier molecular flexibility index (Phi) is 7.30. The Morgan fingerprint density at radius 3 is 2.59 bits per heavy atom. The van der Waals surface area contributed by atoms with Crippen molar-refractivity contribution >= 4 is 33.9 Å². The van der Waals surface area contributed by atoms with Gasteiger partial charge in [0.2, 0.25) is 0 Å². The molecule has 0 atom stereocenters. The van der Waals surface area contributed by atoms with Gasteiger partial charge in [-0.15, -0.1) is 0 Å². The fourth-order valence-electron chi connectivity index (χ4n) is 1.23. The second-order valence-electron chi connectivity index (χ2n) is 3.79. The van der Waals surface area contributed by atoms with Crippen molar-refractivity contribution < 1.29 is 33.0 Å². The van der Waals surface area contributed by atoms with Crippen LogP contribution in [0, 0.1) is 5.82 Å². The van der Waals surface area contributed by atoms with Crippen molar-refractivity contribution in [2.75, 3.05) is 19.8 Å². The van der Waals surface area contributed by atoms with Crippen LogP contribution in [-0.2, 0) is 19.1 Å². The number of esters is 1. The fourth-order valence-corrected chi connectivity index (χ4v) is 1.70. The van der Waals surface area contributed by atoms with Crippen molar-refractivity contribution in [2.24, 2.45) is 0 Å². The SMILES string of the molecule is CCOC(=O)NC(=O)COC(=O)COc1ccc(F)cc1Br. The molecule has 7 nitrogen and oxygen atoms in total. The molecule has 1 N–H and O–H groups in total. The molecule has 1 rings (SSSR count). The molecule has 9 heteroatoms. The van der Waals surface area contributed by atoms with Gasteiger partial charge in [-0.25, -0.2) is 14.0 Å². The van der Waals surface area contributed by atoms with Gasteiger partial charge in [0.1, 0.15) is 11.6 Å². The minimum atomic E-state index is -0.921. The number of alkyl carbamates (subject to hydrolysis) is 1. The van der Waals surface area contributed by atoms with Crippen LogP contribution in [0.5, 0.6) is 5.75 Å². The number of imide groups is 1. The van der Waals surface area contributed by atoms with E-state index in [2.05, 4.69) is 25.4 Å². The third-order valence-electron chi connectivity index (χ3n) is 2.12. The topological polar surface area (TPSA) is 90.9 Å². The molecule has 120 valence electrons. The Morgan fingerprint density at radius 2 is 1.95 bits per heavy atom. The molecule has 0 saturated heterocycles. The number of nitrogens with one attached hydrogen (secondary N) is 1. The minimum Gasteiger partial charge on any atom is -0.481 e. The van der Waals surface area contributed by atoms with E-state index >= 15 is 0 Å².